The van der Waals surface area contributed by atoms with Gasteiger partial charge in [-0.2, -0.15) is 5.10 Å². The third-order valence-corrected chi connectivity index (χ3v) is 3.85. The van der Waals surface area contributed by atoms with Crippen molar-refractivity contribution in [2.75, 3.05) is 0 Å². The number of nitrogens with one attached hydrogen (secondary N) is 1. The third kappa shape index (κ3) is 4.72. The Balaban J connectivity index is 1.92. The summed E-state index contributed by atoms with van der Waals surface area (Å²) in [7, 11) is 0. The second-order valence-corrected chi connectivity index (χ2v) is 6.79. The minimum absolute atomic E-state index is 0.0924. The van der Waals surface area contributed by atoms with Gasteiger partial charge in [-0.15, -0.1) is 0 Å². The predicted molar refractivity (Wildman–Crippen MR) is 85.0 cm³/mol. The highest BCUT2D eigenvalue weighted by molar-refractivity contribution is 5.78. The van der Waals surface area contributed by atoms with Gasteiger partial charge in [-0.05, 0) is 33.6 Å². The summed E-state index contributed by atoms with van der Waals surface area (Å²) in [4.78, 5) is 8.70. The monoisotopic (exact) mass is 292 g/mol. The number of hydrogen-bond acceptors (Lipinski definition) is 3. The Morgan fingerprint density at radius 2 is 2.00 bits per heavy atom. The lowest BCUT2D eigenvalue weighted by Gasteiger charge is -2.21. The van der Waals surface area contributed by atoms with Gasteiger partial charge in [0.05, 0.1) is 5.54 Å². The summed E-state index contributed by atoms with van der Waals surface area (Å²) in [5, 5.41) is 7.62. The summed E-state index contributed by atoms with van der Waals surface area (Å²) in [6, 6.07) is 0.469. The molecule has 0 atom stereocenters. The smallest absolute Gasteiger partial charge is 0.189 e. The number of nitrogens with two attached hydrogens (primary N) is 1. The zero-order chi connectivity index (χ0) is 15.3. The first kappa shape index (κ1) is 15.8. The van der Waals surface area contributed by atoms with Gasteiger partial charge in [0, 0.05) is 6.04 Å². The van der Waals surface area contributed by atoms with Gasteiger partial charge in [0.2, 0.25) is 0 Å². The van der Waals surface area contributed by atoms with Crippen molar-refractivity contribution >= 4 is 5.96 Å². The van der Waals surface area contributed by atoms with Gasteiger partial charge in [0.25, 0.3) is 0 Å². The summed E-state index contributed by atoms with van der Waals surface area (Å²) in [6.45, 7) is 6.76. The average molecular weight is 292 g/mol. The van der Waals surface area contributed by atoms with E-state index in [9.17, 15) is 0 Å². The fourth-order valence-electron chi connectivity index (χ4n) is 2.77. The van der Waals surface area contributed by atoms with Gasteiger partial charge in [0.15, 0.2) is 5.96 Å². The molecule has 2 rings (SSSR count). The van der Waals surface area contributed by atoms with Gasteiger partial charge >= 0.3 is 0 Å². The Labute approximate surface area is 127 Å². The van der Waals surface area contributed by atoms with Crippen molar-refractivity contribution < 1.29 is 0 Å². The molecule has 3 N–H and O–H groups in total. The van der Waals surface area contributed by atoms with Crippen molar-refractivity contribution in [2.24, 2.45) is 10.7 Å². The van der Waals surface area contributed by atoms with E-state index in [0.29, 0.717) is 18.5 Å². The zero-order valence-corrected chi connectivity index (χ0v) is 13.5. The highest BCUT2D eigenvalue weighted by atomic mass is 15.4. The second-order valence-electron chi connectivity index (χ2n) is 6.79. The highest BCUT2D eigenvalue weighted by Gasteiger charge is 2.18. The molecule has 0 amide bonds. The highest BCUT2D eigenvalue weighted by Crippen LogP contribution is 2.17. The molecule has 0 saturated heterocycles. The largest absolute Gasteiger partial charge is 0.370 e. The molecule has 1 aromatic heterocycles. The van der Waals surface area contributed by atoms with Crippen LogP contribution < -0.4 is 11.1 Å². The van der Waals surface area contributed by atoms with Crippen molar-refractivity contribution in [3.8, 4) is 0 Å². The number of aliphatic imine (C=N–C) groups is 1. The molecule has 0 bridgehead atoms. The van der Waals surface area contributed by atoms with Crippen LogP contribution in [0.2, 0.25) is 0 Å². The van der Waals surface area contributed by atoms with E-state index in [4.69, 9.17) is 5.73 Å². The number of aromatic nitrogens is 3. The Kier molecular flexibility index (Phi) is 5.20. The van der Waals surface area contributed by atoms with Gasteiger partial charge in [0.1, 0.15) is 18.7 Å². The Hall–Kier alpha value is -1.59. The van der Waals surface area contributed by atoms with E-state index in [0.717, 1.165) is 5.82 Å². The molecule has 1 aliphatic rings. The first-order valence-corrected chi connectivity index (χ1v) is 7.92. The molecule has 1 fully saturated rings. The summed E-state index contributed by atoms with van der Waals surface area (Å²) < 4.78 is 1.90. The first-order valence-electron chi connectivity index (χ1n) is 7.92. The fourth-order valence-corrected chi connectivity index (χ4v) is 2.77. The van der Waals surface area contributed by atoms with Gasteiger partial charge in [-0.3, -0.25) is 0 Å². The maximum atomic E-state index is 6.01. The molecule has 1 aliphatic carbocycles. The zero-order valence-electron chi connectivity index (χ0n) is 13.5. The maximum Gasteiger partial charge on any atom is 0.189 e. The number of rotatable bonds is 3. The van der Waals surface area contributed by atoms with E-state index < -0.39 is 0 Å². The van der Waals surface area contributed by atoms with E-state index in [1.807, 2.05) is 4.68 Å². The minimum Gasteiger partial charge on any atom is -0.370 e. The lowest BCUT2D eigenvalue weighted by Crippen LogP contribution is -2.40. The van der Waals surface area contributed by atoms with Crippen LogP contribution in [0, 0.1) is 0 Å². The van der Waals surface area contributed by atoms with Crippen molar-refractivity contribution in [2.45, 2.75) is 77.4 Å². The van der Waals surface area contributed by atoms with Gasteiger partial charge < -0.3 is 11.1 Å². The van der Waals surface area contributed by atoms with Gasteiger partial charge in [-0.25, -0.2) is 14.7 Å². The summed E-state index contributed by atoms with van der Waals surface area (Å²) >= 11 is 0. The van der Waals surface area contributed by atoms with Gasteiger partial charge in [-0.1, -0.05) is 25.7 Å². The second kappa shape index (κ2) is 6.91. The fraction of sp³-hybridized carbons (Fsp3) is 0.800. The Bertz CT molecular complexity index is 463. The molecule has 1 aromatic rings. The van der Waals surface area contributed by atoms with E-state index in [1.54, 1.807) is 6.33 Å². The predicted octanol–water partition coefficient (Wildman–Crippen LogP) is 2.16. The molecule has 0 unspecified atom stereocenters. The molecule has 1 saturated carbocycles. The van der Waals surface area contributed by atoms with Crippen LogP contribution in [0.3, 0.4) is 0 Å². The van der Waals surface area contributed by atoms with Crippen molar-refractivity contribution in [3.63, 3.8) is 0 Å². The normalized spacial score (nSPS) is 18.5. The topological polar surface area (TPSA) is 81.1 Å². The number of guanidine groups is 1. The van der Waals surface area contributed by atoms with E-state index in [1.165, 1.54) is 38.5 Å². The molecule has 1 heterocycles. The van der Waals surface area contributed by atoms with Crippen LogP contribution >= 0.6 is 0 Å². The molecule has 0 aliphatic heterocycles. The molecule has 118 valence electrons. The van der Waals surface area contributed by atoms with Crippen LogP contribution in [0.5, 0.6) is 0 Å². The Morgan fingerprint density at radius 3 is 2.62 bits per heavy atom. The summed E-state index contributed by atoms with van der Waals surface area (Å²) in [5.41, 5.74) is 5.92. The first-order chi connectivity index (χ1) is 9.97. The van der Waals surface area contributed by atoms with Crippen LogP contribution in [0.25, 0.3) is 0 Å². The lowest BCUT2D eigenvalue weighted by atomic mass is 10.1. The maximum absolute atomic E-state index is 6.01. The summed E-state index contributed by atoms with van der Waals surface area (Å²) in [6.07, 6.45) is 9.19. The molecular formula is C15H28N6. The molecule has 6 heteroatoms. The molecule has 21 heavy (non-hydrogen) atoms. The van der Waals surface area contributed by atoms with Crippen molar-refractivity contribution in [1.29, 1.82) is 0 Å². The molecule has 6 nitrogen and oxygen atoms in total. The summed E-state index contributed by atoms with van der Waals surface area (Å²) in [5.74, 6) is 1.36. The molecular weight excluding hydrogens is 264 g/mol. The van der Waals surface area contributed by atoms with Crippen LogP contribution in [-0.2, 0) is 12.1 Å². The Morgan fingerprint density at radius 1 is 1.33 bits per heavy atom. The van der Waals surface area contributed by atoms with E-state index in [-0.39, 0.29) is 5.54 Å². The standard InChI is InChI=1S/C15H28N6/c1-15(2,3)21-13(18-11-19-21)10-17-14(16)20-12-8-6-4-5-7-9-12/h11-12H,4-10H2,1-3H3,(H3,16,17,20). The van der Waals surface area contributed by atoms with Crippen molar-refractivity contribution in [1.82, 2.24) is 20.1 Å². The number of hydrogen-bond donors (Lipinski definition) is 2. The number of nitrogens with zero attached hydrogens (tertiary/aromatic N) is 4. The SMILES string of the molecule is CC(C)(C)n1ncnc1CN=C(N)NC1CCCCCC1. The quantitative estimate of drug-likeness (QED) is 0.508. The molecule has 0 aromatic carbocycles. The minimum atomic E-state index is -0.0924. The third-order valence-electron chi connectivity index (χ3n) is 3.85. The van der Waals surface area contributed by atoms with Crippen LogP contribution in [0.15, 0.2) is 11.3 Å². The van der Waals surface area contributed by atoms with Crippen LogP contribution in [0.1, 0.15) is 65.1 Å². The molecule has 0 spiro atoms. The van der Waals surface area contributed by atoms with E-state index >= 15 is 0 Å². The van der Waals surface area contributed by atoms with Crippen LogP contribution in [0.4, 0.5) is 0 Å². The van der Waals surface area contributed by atoms with Crippen LogP contribution in [-0.4, -0.2) is 26.8 Å². The average Bonchev–Trinajstić information content (AvgIpc) is 2.75. The molecule has 0 radical (unpaired) electrons. The van der Waals surface area contributed by atoms with Crippen molar-refractivity contribution in [3.05, 3.63) is 12.2 Å². The van der Waals surface area contributed by atoms with E-state index in [2.05, 4.69) is 41.2 Å². The lowest BCUT2D eigenvalue weighted by molar-refractivity contribution is 0.341.